The third kappa shape index (κ3) is 3.28. The zero-order valence-corrected chi connectivity index (χ0v) is 32.1. The van der Waals surface area contributed by atoms with Crippen LogP contribution in [0.15, 0.2) is 164 Å². The predicted molar refractivity (Wildman–Crippen MR) is 246 cm³/mol. The largest absolute Gasteiger partial charge is 0.375 e. The van der Waals surface area contributed by atoms with Gasteiger partial charge in [-0.2, -0.15) is 0 Å². The molecule has 0 atom stereocenters. The van der Waals surface area contributed by atoms with Crippen LogP contribution in [0.5, 0.6) is 0 Å². The van der Waals surface area contributed by atoms with Gasteiger partial charge in [0.25, 0.3) is 0 Å². The van der Waals surface area contributed by atoms with Crippen LogP contribution >= 0.6 is 0 Å². The van der Waals surface area contributed by atoms with Crippen LogP contribution in [-0.4, -0.2) is 15.7 Å². The Kier molecular flexibility index (Phi) is 5.13. The maximum Gasteiger partial charge on any atom is 0.333 e. The van der Waals surface area contributed by atoms with Crippen molar-refractivity contribution in [1.29, 1.82) is 0 Å². The van der Waals surface area contributed by atoms with Crippen LogP contribution in [0.3, 0.4) is 0 Å². The van der Waals surface area contributed by atoms with E-state index >= 15 is 0 Å². The Morgan fingerprint density at radius 1 is 0.448 bits per heavy atom. The van der Waals surface area contributed by atoms with Crippen molar-refractivity contribution in [2.75, 3.05) is 0 Å². The molecule has 0 unspecified atom stereocenters. The molecular formula is C55H33BN2. The number of rotatable bonds is 2. The highest BCUT2D eigenvalue weighted by Gasteiger charge is 2.48. The van der Waals surface area contributed by atoms with E-state index in [2.05, 4.69) is 187 Å². The van der Waals surface area contributed by atoms with E-state index in [-0.39, 0.29) is 12.3 Å². The van der Waals surface area contributed by atoms with Crippen molar-refractivity contribution in [3.8, 4) is 44.5 Å². The molecule has 0 fully saturated rings. The number of para-hydroxylation sites is 1. The molecule has 3 aromatic heterocycles. The Morgan fingerprint density at radius 2 is 1.09 bits per heavy atom. The maximum absolute atomic E-state index is 2.76. The average molecular weight is 733 g/mol. The zero-order chi connectivity index (χ0) is 37.8. The lowest BCUT2D eigenvalue weighted by atomic mass is 9.45. The van der Waals surface area contributed by atoms with Gasteiger partial charge in [0.1, 0.15) is 0 Å². The van der Waals surface area contributed by atoms with Gasteiger partial charge in [0.2, 0.25) is 0 Å². The van der Waals surface area contributed by atoms with Crippen molar-refractivity contribution in [1.82, 2.24) is 8.88 Å². The Morgan fingerprint density at radius 3 is 1.86 bits per heavy atom. The van der Waals surface area contributed by atoms with E-state index in [0.29, 0.717) is 0 Å². The molecule has 9 aromatic carbocycles. The minimum absolute atomic E-state index is 0.0217. The fourth-order valence-corrected chi connectivity index (χ4v) is 12.3. The molecule has 5 heterocycles. The van der Waals surface area contributed by atoms with Gasteiger partial charge in [-0.1, -0.05) is 147 Å². The summed E-state index contributed by atoms with van der Waals surface area (Å²) in [6.45, 7) is 4.92. The van der Waals surface area contributed by atoms with E-state index in [1.54, 1.807) is 0 Å². The lowest BCUT2D eigenvalue weighted by Crippen LogP contribution is -2.54. The standard InChI is InChI=1S/C55H33BN2/c1-55(2)43-23-12-11-20-37(43)46-47-38-22-13-21-36-39-24-32-18-9-10-19-33(32)29-45(39)58(52(36)38)56-44-28-35(31-16-7-4-8-17-31)26-41-40-25-34(30-14-5-3-6-15-30)27-42-48(49(46)55)54(50(47)56)57(51(40)42)53(41)44/h3-29H,1-2H3. The first-order chi connectivity index (χ1) is 28.6. The number of aromatic nitrogens is 2. The molecule has 0 N–H and O–H groups in total. The monoisotopic (exact) mass is 732 g/mol. The molecule has 12 aromatic rings. The van der Waals surface area contributed by atoms with Gasteiger partial charge in [-0.15, -0.1) is 0 Å². The van der Waals surface area contributed by atoms with Gasteiger partial charge in [-0.25, -0.2) is 0 Å². The number of fused-ring (bicyclic) bond motifs is 14. The first-order valence-electron chi connectivity index (χ1n) is 20.6. The molecule has 0 saturated carbocycles. The molecule has 0 saturated heterocycles. The molecule has 1 aliphatic carbocycles. The average Bonchev–Trinajstić information content (AvgIpc) is 3.97. The minimum Gasteiger partial charge on any atom is -0.375 e. The van der Waals surface area contributed by atoms with Crippen LogP contribution in [0, 0.1) is 0 Å². The highest BCUT2D eigenvalue weighted by atomic mass is 15.0. The molecule has 2 nitrogen and oxygen atoms in total. The lowest BCUT2D eigenvalue weighted by molar-refractivity contribution is 0.667. The molecule has 15 rings (SSSR count). The fourth-order valence-electron chi connectivity index (χ4n) is 12.3. The van der Waals surface area contributed by atoms with E-state index in [1.807, 2.05) is 0 Å². The van der Waals surface area contributed by atoms with Crippen LogP contribution in [0.25, 0.3) is 115 Å². The fraction of sp³-hybridized carbons (Fsp3) is 0.0545. The van der Waals surface area contributed by atoms with E-state index in [4.69, 9.17) is 0 Å². The number of hydrogen-bond donors (Lipinski definition) is 0. The molecule has 0 amide bonds. The van der Waals surface area contributed by atoms with Gasteiger partial charge in [-0.05, 0) is 102 Å². The Balaban J connectivity index is 1.25. The molecule has 266 valence electrons. The highest BCUT2D eigenvalue weighted by Crippen LogP contribution is 2.59. The minimum atomic E-state index is -0.201. The molecular weight excluding hydrogens is 699 g/mol. The van der Waals surface area contributed by atoms with E-state index in [9.17, 15) is 0 Å². The van der Waals surface area contributed by atoms with Crippen LogP contribution < -0.4 is 10.9 Å². The van der Waals surface area contributed by atoms with E-state index in [0.717, 1.165) is 0 Å². The van der Waals surface area contributed by atoms with Crippen molar-refractivity contribution in [2.24, 2.45) is 0 Å². The summed E-state index contributed by atoms with van der Waals surface area (Å²) in [5, 5.41) is 10.7. The number of nitrogens with zero attached hydrogens (tertiary/aromatic N) is 2. The van der Waals surface area contributed by atoms with Gasteiger partial charge in [-0.3, -0.25) is 0 Å². The summed E-state index contributed by atoms with van der Waals surface area (Å²) < 4.78 is 5.47. The van der Waals surface area contributed by atoms with Gasteiger partial charge in [0, 0.05) is 54.3 Å². The third-order valence-electron chi connectivity index (χ3n) is 14.5. The van der Waals surface area contributed by atoms with Crippen molar-refractivity contribution < 1.29 is 0 Å². The number of benzene rings is 9. The quantitative estimate of drug-likeness (QED) is 0.157. The second-order valence-corrected chi connectivity index (χ2v) is 17.6. The predicted octanol–water partition coefficient (Wildman–Crippen LogP) is 12.7. The van der Waals surface area contributed by atoms with Gasteiger partial charge in [0.05, 0.1) is 16.6 Å². The molecule has 0 bridgehead atoms. The van der Waals surface area contributed by atoms with Crippen LogP contribution in [0.1, 0.15) is 25.0 Å². The van der Waals surface area contributed by atoms with Crippen LogP contribution in [0.4, 0.5) is 0 Å². The number of hydrogen-bond acceptors (Lipinski definition) is 0. The topological polar surface area (TPSA) is 9.34 Å². The van der Waals surface area contributed by atoms with Gasteiger partial charge in [0.15, 0.2) is 0 Å². The Hall–Kier alpha value is -7.10. The SMILES string of the molecule is CC1(C)c2ccccc2-c2c3c4c5c(c21)c1cc(-c2ccccc2)cc2c6cc(-c7ccccc7)cc(c6n5c21)B4n1c2cc4ccccc4cc2c2cccc-3c21. The first-order valence-corrected chi connectivity index (χ1v) is 20.6. The van der Waals surface area contributed by atoms with E-state index in [1.165, 1.54) is 137 Å². The highest BCUT2D eigenvalue weighted by molar-refractivity contribution is 6.91. The summed E-state index contributed by atoms with van der Waals surface area (Å²) in [7, 11) is 0. The second kappa shape index (κ2) is 9.88. The van der Waals surface area contributed by atoms with Gasteiger partial charge >= 0.3 is 6.85 Å². The summed E-state index contributed by atoms with van der Waals surface area (Å²) in [5.74, 6) is 0. The molecule has 0 radical (unpaired) electrons. The third-order valence-corrected chi connectivity index (χ3v) is 14.5. The first kappa shape index (κ1) is 30.1. The molecule has 58 heavy (non-hydrogen) atoms. The molecule has 0 spiro atoms. The smallest absolute Gasteiger partial charge is 0.333 e. The Bertz CT molecular complexity index is 3870. The van der Waals surface area contributed by atoms with Crippen LogP contribution in [-0.2, 0) is 5.41 Å². The summed E-state index contributed by atoms with van der Waals surface area (Å²) in [4.78, 5) is 0. The van der Waals surface area contributed by atoms with Crippen molar-refractivity contribution in [2.45, 2.75) is 19.3 Å². The summed E-state index contributed by atoms with van der Waals surface area (Å²) >= 11 is 0. The summed E-state index contributed by atoms with van der Waals surface area (Å²) in [6.07, 6.45) is 0. The second-order valence-electron chi connectivity index (χ2n) is 17.6. The zero-order valence-electron chi connectivity index (χ0n) is 32.1. The lowest BCUT2D eigenvalue weighted by Gasteiger charge is -2.34. The van der Waals surface area contributed by atoms with Crippen molar-refractivity contribution in [3.05, 3.63) is 175 Å². The van der Waals surface area contributed by atoms with Gasteiger partial charge < -0.3 is 8.88 Å². The summed E-state index contributed by atoms with van der Waals surface area (Å²) in [5.41, 5.74) is 22.9. The van der Waals surface area contributed by atoms with E-state index < -0.39 is 0 Å². The maximum atomic E-state index is 2.76. The van der Waals surface area contributed by atoms with Crippen molar-refractivity contribution in [3.63, 3.8) is 0 Å². The van der Waals surface area contributed by atoms with Crippen molar-refractivity contribution >= 4 is 88.4 Å². The van der Waals surface area contributed by atoms with Crippen LogP contribution in [0.2, 0.25) is 0 Å². The molecule has 2 aliphatic heterocycles. The summed E-state index contributed by atoms with van der Waals surface area (Å²) in [6, 6.07) is 62.3. The molecule has 3 aliphatic rings. The Labute approximate surface area is 334 Å². The molecule has 3 heteroatoms. The normalized spacial score (nSPS) is 14.5.